The number of carbonyl (C=O) groups is 2. The van der Waals surface area contributed by atoms with Gasteiger partial charge in [0.05, 0.1) is 0 Å². The van der Waals surface area contributed by atoms with Crippen LogP contribution in [0.15, 0.2) is 18.2 Å². The Morgan fingerprint density at radius 1 is 1.24 bits per heavy atom. The van der Waals surface area contributed by atoms with Crippen LogP contribution in [0.3, 0.4) is 0 Å². The Morgan fingerprint density at radius 2 is 1.93 bits per heavy atom. The van der Waals surface area contributed by atoms with E-state index in [1.54, 1.807) is 4.90 Å². The van der Waals surface area contributed by atoms with Crippen molar-refractivity contribution in [1.82, 2.24) is 20.0 Å². The molecule has 2 heterocycles. The van der Waals surface area contributed by atoms with E-state index in [9.17, 15) is 13.6 Å². The molecule has 0 radical (unpaired) electrons. The molecule has 1 unspecified atom stereocenters. The normalized spacial score (nSPS) is 20.5. The minimum atomic E-state index is -0.889. The van der Waals surface area contributed by atoms with Gasteiger partial charge in [0.15, 0.2) is 11.6 Å². The maximum atomic E-state index is 13.7. The zero-order chi connectivity index (χ0) is 21.2. The van der Waals surface area contributed by atoms with Crippen molar-refractivity contribution in [2.24, 2.45) is 5.92 Å². The van der Waals surface area contributed by atoms with Gasteiger partial charge in [-0.05, 0) is 31.9 Å². The molecule has 2 aliphatic rings. The van der Waals surface area contributed by atoms with Gasteiger partial charge < -0.3 is 25.1 Å². The first-order valence-electron chi connectivity index (χ1n) is 9.89. The average molecular weight is 412 g/mol. The molecule has 9 heteroatoms. The Hall–Kier alpha value is -2.26. The van der Waals surface area contributed by atoms with Gasteiger partial charge in [-0.25, -0.2) is 13.6 Å². The number of carboxylic acid groups (broad SMARTS) is 1. The lowest BCUT2D eigenvalue weighted by atomic mass is 9.97. The molecule has 29 heavy (non-hydrogen) atoms. The Kier molecular flexibility index (Phi) is 9.27. The first kappa shape index (κ1) is 23.0. The molecule has 3 rings (SSSR count). The molecule has 7 nitrogen and oxygen atoms in total. The number of nitrogens with zero attached hydrogens (tertiary/aromatic N) is 3. The fraction of sp³-hybridized carbons (Fsp3) is 0.600. The average Bonchev–Trinajstić information content (AvgIpc) is 2.71. The molecule has 1 aromatic rings. The molecule has 162 valence electrons. The summed E-state index contributed by atoms with van der Waals surface area (Å²) < 4.78 is 26.9. The number of likely N-dealkylation sites (N-methyl/N-ethyl adjacent to an activating group) is 1. The number of amides is 2. The van der Waals surface area contributed by atoms with E-state index in [4.69, 9.17) is 9.90 Å². The fourth-order valence-electron chi connectivity index (χ4n) is 3.76. The smallest absolute Gasteiger partial charge is 0.317 e. The molecule has 0 saturated carbocycles. The summed E-state index contributed by atoms with van der Waals surface area (Å²) in [5, 5.41) is 9.62. The van der Waals surface area contributed by atoms with E-state index in [1.165, 1.54) is 12.1 Å². The zero-order valence-electron chi connectivity index (χ0n) is 16.8. The number of benzene rings is 1. The van der Waals surface area contributed by atoms with E-state index in [0.29, 0.717) is 5.92 Å². The maximum absolute atomic E-state index is 13.7. The van der Waals surface area contributed by atoms with Crippen LogP contribution in [0.2, 0.25) is 0 Å². The van der Waals surface area contributed by atoms with Crippen molar-refractivity contribution in [3.63, 3.8) is 0 Å². The summed E-state index contributed by atoms with van der Waals surface area (Å²) in [6, 6.07) is 3.82. The van der Waals surface area contributed by atoms with E-state index in [1.807, 2.05) is 0 Å². The van der Waals surface area contributed by atoms with Crippen molar-refractivity contribution in [1.29, 1.82) is 0 Å². The van der Waals surface area contributed by atoms with Crippen LogP contribution in [0.4, 0.5) is 13.6 Å². The van der Waals surface area contributed by atoms with Gasteiger partial charge in [0.25, 0.3) is 6.47 Å². The van der Waals surface area contributed by atoms with E-state index < -0.39 is 11.6 Å². The lowest BCUT2D eigenvalue weighted by molar-refractivity contribution is -0.122. The van der Waals surface area contributed by atoms with Gasteiger partial charge in [0, 0.05) is 57.9 Å². The summed E-state index contributed by atoms with van der Waals surface area (Å²) in [7, 11) is 2.14. The highest BCUT2D eigenvalue weighted by atomic mass is 19.2. The number of likely N-dealkylation sites (tertiary alicyclic amines) is 1. The summed E-state index contributed by atoms with van der Waals surface area (Å²) in [5.41, 5.74) is 0.171. The zero-order valence-corrected chi connectivity index (χ0v) is 16.8. The van der Waals surface area contributed by atoms with Crippen molar-refractivity contribution in [3.8, 4) is 0 Å². The van der Waals surface area contributed by atoms with Crippen LogP contribution in [-0.4, -0.2) is 85.2 Å². The van der Waals surface area contributed by atoms with Crippen LogP contribution >= 0.6 is 0 Å². The molecule has 2 aliphatic heterocycles. The maximum Gasteiger partial charge on any atom is 0.317 e. The summed E-state index contributed by atoms with van der Waals surface area (Å²) in [4.78, 5) is 27.4. The van der Waals surface area contributed by atoms with E-state index in [2.05, 4.69) is 22.2 Å². The van der Waals surface area contributed by atoms with Crippen molar-refractivity contribution in [3.05, 3.63) is 35.4 Å². The summed E-state index contributed by atoms with van der Waals surface area (Å²) in [5.74, 6) is -1.30. The quantitative estimate of drug-likeness (QED) is 0.738. The number of hydrogen-bond acceptors (Lipinski definition) is 4. The summed E-state index contributed by atoms with van der Waals surface area (Å²) in [6.07, 6.45) is 2.12. The van der Waals surface area contributed by atoms with Crippen molar-refractivity contribution < 1.29 is 23.5 Å². The first-order chi connectivity index (χ1) is 13.9. The standard InChI is InChI=1S/C19H28F2N4O.CH2O2/c1-23-8-10-24(11-9-23)13-15-4-3-7-25(14-15)19(26)22-12-16-5-2-6-17(20)18(16)21;2-1-3/h2,5-6,15H,3-4,7-14H2,1H3,(H,22,26);1H,(H,2,3). The second-order valence-electron chi connectivity index (χ2n) is 7.54. The molecular formula is C20H30F2N4O3. The first-order valence-corrected chi connectivity index (χ1v) is 9.89. The largest absolute Gasteiger partial charge is 0.483 e. The lowest BCUT2D eigenvalue weighted by Crippen LogP contribution is -2.50. The number of piperidine rings is 1. The number of urea groups is 1. The monoisotopic (exact) mass is 412 g/mol. The minimum Gasteiger partial charge on any atom is -0.483 e. The van der Waals surface area contributed by atoms with Gasteiger partial charge in [0.1, 0.15) is 0 Å². The molecular weight excluding hydrogens is 382 g/mol. The highest BCUT2D eigenvalue weighted by Gasteiger charge is 2.26. The van der Waals surface area contributed by atoms with E-state index in [-0.39, 0.29) is 24.6 Å². The molecule has 2 fully saturated rings. The fourth-order valence-corrected chi connectivity index (χ4v) is 3.76. The SMILES string of the molecule is CN1CCN(CC2CCCN(C(=O)NCc3cccc(F)c3F)C2)CC1.O=CO. The van der Waals surface area contributed by atoms with Gasteiger partial charge in [-0.2, -0.15) is 0 Å². The lowest BCUT2D eigenvalue weighted by Gasteiger charge is -2.38. The van der Waals surface area contributed by atoms with Crippen molar-refractivity contribution >= 4 is 12.5 Å². The van der Waals surface area contributed by atoms with Crippen LogP contribution in [-0.2, 0) is 11.3 Å². The van der Waals surface area contributed by atoms with Crippen LogP contribution < -0.4 is 5.32 Å². The van der Waals surface area contributed by atoms with Gasteiger partial charge in [-0.3, -0.25) is 4.79 Å². The third kappa shape index (κ3) is 7.25. The molecule has 0 bridgehead atoms. The summed E-state index contributed by atoms with van der Waals surface area (Å²) >= 11 is 0. The van der Waals surface area contributed by atoms with E-state index >= 15 is 0 Å². The van der Waals surface area contributed by atoms with Crippen LogP contribution in [0.5, 0.6) is 0 Å². The number of nitrogens with one attached hydrogen (secondary N) is 1. The predicted molar refractivity (Wildman–Crippen MR) is 106 cm³/mol. The Balaban J connectivity index is 0.000000941. The third-order valence-electron chi connectivity index (χ3n) is 5.38. The Bertz CT molecular complexity index is 669. The highest BCUT2D eigenvalue weighted by molar-refractivity contribution is 5.74. The van der Waals surface area contributed by atoms with Crippen LogP contribution in [0, 0.1) is 17.6 Å². The second kappa shape index (κ2) is 11.7. The molecule has 2 N–H and O–H groups in total. The van der Waals surface area contributed by atoms with Gasteiger partial charge in [0.2, 0.25) is 0 Å². The number of carbonyl (C=O) groups excluding carboxylic acids is 1. The molecule has 2 saturated heterocycles. The van der Waals surface area contributed by atoms with Crippen molar-refractivity contribution in [2.75, 3.05) is 52.9 Å². The van der Waals surface area contributed by atoms with Gasteiger partial charge in [-0.15, -0.1) is 0 Å². The molecule has 2 amide bonds. The van der Waals surface area contributed by atoms with Gasteiger partial charge >= 0.3 is 6.03 Å². The number of halogens is 2. The number of rotatable bonds is 4. The van der Waals surface area contributed by atoms with Crippen LogP contribution in [0.1, 0.15) is 18.4 Å². The minimum absolute atomic E-state index is 0.00204. The third-order valence-corrected chi connectivity index (χ3v) is 5.38. The topological polar surface area (TPSA) is 76.1 Å². The number of hydrogen-bond donors (Lipinski definition) is 2. The molecule has 0 aromatic heterocycles. The second-order valence-corrected chi connectivity index (χ2v) is 7.54. The molecule has 0 aliphatic carbocycles. The molecule has 1 aromatic carbocycles. The van der Waals surface area contributed by atoms with Gasteiger partial charge in [-0.1, -0.05) is 12.1 Å². The highest BCUT2D eigenvalue weighted by Crippen LogP contribution is 2.19. The Morgan fingerprint density at radius 3 is 2.62 bits per heavy atom. The van der Waals surface area contributed by atoms with E-state index in [0.717, 1.165) is 64.7 Å². The summed E-state index contributed by atoms with van der Waals surface area (Å²) in [6.45, 7) is 6.57. The van der Waals surface area contributed by atoms with Crippen LogP contribution in [0.25, 0.3) is 0 Å². The Labute approximate surface area is 170 Å². The molecule has 1 atom stereocenters. The van der Waals surface area contributed by atoms with Crippen molar-refractivity contribution in [2.45, 2.75) is 19.4 Å². The molecule has 0 spiro atoms. The number of piperazine rings is 1. The predicted octanol–water partition coefficient (Wildman–Crippen LogP) is 1.83.